The number of hydrogen-bond acceptors (Lipinski definition) is 35. The van der Waals surface area contributed by atoms with Gasteiger partial charge < -0.3 is 71.1 Å². The Morgan fingerprint density at radius 2 is 0.421 bits per heavy atom. The van der Waals surface area contributed by atoms with E-state index in [1.165, 1.54) is 162 Å². The van der Waals surface area contributed by atoms with Crippen molar-refractivity contribution >= 4 is 60.6 Å². The molecule has 0 fully saturated rings. The molecule has 35 nitrogen and oxygen atoms in total. The van der Waals surface area contributed by atoms with Crippen LogP contribution in [0.2, 0.25) is 0 Å². The third-order valence-corrected chi connectivity index (χ3v) is 12.7. The lowest BCUT2D eigenvalue weighted by atomic mass is 9.79. The van der Waals surface area contributed by atoms with Gasteiger partial charge in [-0.2, -0.15) is 24.0 Å². The van der Waals surface area contributed by atoms with Crippen LogP contribution >= 0.6 is 0 Å². The summed E-state index contributed by atoms with van der Waals surface area (Å²) in [7, 11) is 13.0. The molecule has 0 bridgehead atoms. The summed E-state index contributed by atoms with van der Waals surface area (Å²) in [5.74, 6) is -9.28. The summed E-state index contributed by atoms with van der Waals surface area (Å²) in [5.41, 5.74) is -1.12. The normalized spacial score (nSPS) is 11.2. The quantitative estimate of drug-likeness (QED) is 0.0188. The van der Waals surface area contributed by atoms with Crippen molar-refractivity contribution in [1.82, 2.24) is 0 Å². The number of carbonyl (C=O) groups excluding carboxylic acids is 10. The van der Waals surface area contributed by atoms with Gasteiger partial charge >= 0.3 is 60.6 Å². The van der Waals surface area contributed by atoms with E-state index in [2.05, 4.69) is 34.2 Å². The highest BCUT2D eigenvalue weighted by Gasteiger charge is 2.36. The monoisotopic (exact) mass is 1340 g/mol. The summed E-state index contributed by atoms with van der Waals surface area (Å²) < 4.78 is 78.1. The van der Waals surface area contributed by atoms with Crippen LogP contribution in [-0.4, -0.2) is 165 Å². The molecule has 0 saturated heterocycles. The first kappa shape index (κ1) is 73.5. The second kappa shape index (κ2) is 37.8. The van der Waals surface area contributed by atoms with Crippen molar-refractivity contribution in [1.29, 1.82) is 0 Å². The zero-order chi connectivity index (χ0) is 69.4. The standard InChI is InChI=1S/C60H62O35/c1-71-40-15-35(16-41(25-40)72-2)51(61)86-91-56(66)81-13-11-33(30-83-58(68)93-88-53(63)37-19-44(75-5)27-45(20-37)76-6)50(32-85-60(70)95-90-55(65)39-23-48(79-9)29-49(24-39)80-10)34(31-84-59(69)94-89-54(64)38-21-46(77-7)28-47(22-38)78-8)12-14-82-57(67)92-87-52(62)36-17-42(73-3)26-43(18-36)74-4/h15-29,33-34,50H,11-14,30-32H2,1-10H3. The number of hydrogen-bond donors (Lipinski definition) is 0. The van der Waals surface area contributed by atoms with Crippen molar-refractivity contribution < 1.29 is 168 Å². The van der Waals surface area contributed by atoms with Gasteiger partial charge in [0.05, 0.1) is 132 Å². The van der Waals surface area contributed by atoms with Gasteiger partial charge in [-0.25, -0.2) is 72.8 Å². The molecule has 5 aromatic carbocycles. The van der Waals surface area contributed by atoms with E-state index in [1.54, 1.807) is 0 Å². The molecular formula is C60H62O35. The lowest BCUT2D eigenvalue weighted by Gasteiger charge is -2.32. The van der Waals surface area contributed by atoms with E-state index in [0.29, 0.717) is 0 Å². The first-order valence-corrected chi connectivity index (χ1v) is 27.1. The van der Waals surface area contributed by atoms with Crippen LogP contribution in [0.3, 0.4) is 0 Å². The van der Waals surface area contributed by atoms with E-state index in [0.717, 1.165) is 0 Å². The van der Waals surface area contributed by atoms with Crippen molar-refractivity contribution in [3.8, 4) is 57.5 Å². The van der Waals surface area contributed by atoms with Gasteiger partial charge in [0.1, 0.15) is 57.5 Å². The van der Waals surface area contributed by atoms with Crippen molar-refractivity contribution in [2.75, 3.05) is 104 Å². The third kappa shape index (κ3) is 23.8. The Balaban J connectivity index is 1.48. The van der Waals surface area contributed by atoms with E-state index >= 15 is 0 Å². The number of benzene rings is 5. The van der Waals surface area contributed by atoms with Crippen LogP contribution in [0.4, 0.5) is 24.0 Å². The number of methoxy groups -OCH3 is 10. The summed E-state index contributed by atoms with van der Waals surface area (Å²) in [5, 5.41) is 0. The molecule has 0 radical (unpaired) electrons. The molecule has 2 unspecified atom stereocenters. The lowest BCUT2D eigenvalue weighted by Crippen LogP contribution is -2.37. The second-order valence-corrected chi connectivity index (χ2v) is 18.4. The molecule has 0 aliphatic rings. The van der Waals surface area contributed by atoms with Gasteiger partial charge in [-0.3, -0.25) is 0 Å². The van der Waals surface area contributed by atoms with Crippen LogP contribution in [0.5, 0.6) is 57.5 Å². The van der Waals surface area contributed by atoms with Gasteiger partial charge in [0.15, 0.2) is 0 Å². The van der Waals surface area contributed by atoms with Gasteiger partial charge in [0.2, 0.25) is 0 Å². The van der Waals surface area contributed by atoms with Crippen LogP contribution in [0.15, 0.2) is 91.0 Å². The maximum Gasteiger partial charge on any atom is 0.549 e. The first-order chi connectivity index (χ1) is 45.7. The molecule has 5 rings (SSSR count). The predicted octanol–water partition coefficient (Wildman–Crippen LogP) is 8.33. The maximum atomic E-state index is 13.4. The minimum absolute atomic E-state index is 0.127. The largest absolute Gasteiger partial charge is 0.549 e. The van der Waals surface area contributed by atoms with Gasteiger partial charge in [-0.1, -0.05) is 0 Å². The zero-order valence-electron chi connectivity index (χ0n) is 52.1. The third-order valence-electron chi connectivity index (χ3n) is 12.7. The van der Waals surface area contributed by atoms with E-state index < -0.39 is 124 Å². The summed E-state index contributed by atoms with van der Waals surface area (Å²) in [6.07, 6.45) is -9.60. The van der Waals surface area contributed by atoms with Crippen LogP contribution in [-0.2, 0) is 72.6 Å². The molecule has 35 heteroatoms. The second-order valence-electron chi connectivity index (χ2n) is 18.4. The van der Waals surface area contributed by atoms with E-state index in [-0.39, 0.29) is 85.3 Å². The SMILES string of the molecule is COc1cc(OC)cc(C(=O)OOC(=O)OCCC(COC(=O)OOC(=O)c2cc(OC)cc(OC)c2)C(COC(=O)OOC(=O)c2cc(OC)cc(OC)c2)C(CCOC(=O)OOC(=O)c2cc(OC)cc(OC)c2)COC(=O)OOC(=O)c2cc(OC)cc(OC)c2)c1. The van der Waals surface area contributed by atoms with Gasteiger partial charge in [-0.15, -0.1) is 0 Å². The fourth-order valence-electron chi connectivity index (χ4n) is 7.95. The summed E-state index contributed by atoms with van der Waals surface area (Å²) >= 11 is 0. The minimum atomic E-state index is -1.75. The molecule has 0 aliphatic heterocycles. The van der Waals surface area contributed by atoms with Gasteiger partial charge in [-0.05, 0) is 73.5 Å². The molecule has 0 spiro atoms. The molecule has 2 atom stereocenters. The Bertz CT molecular complexity index is 3180. The number of ether oxygens (including phenoxy) is 15. The Labute approximate surface area is 538 Å². The average molecular weight is 1340 g/mol. The van der Waals surface area contributed by atoms with Gasteiger partial charge in [0.25, 0.3) is 0 Å². The number of carbonyl (C=O) groups is 10. The predicted molar refractivity (Wildman–Crippen MR) is 307 cm³/mol. The fraction of sp³-hybridized carbons (Fsp3) is 0.333. The molecule has 5 aromatic rings. The Kier molecular flexibility index (Phi) is 29.3. The van der Waals surface area contributed by atoms with Crippen LogP contribution in [0.25, 0.3) is 0 Å². The van der Waals surface area contributed by atoms with Crippen LogP contribution < -0.4 is 47.4 Å². The molecule has 0 aliphatic carbocycles. The van der Waals surface area contributed by atoms with Crippen molar-refractivity contribution in [3.05, 3.63) is 119 Å². The van der Waals surface area contributed by atoms with Crippen molar-refractivity contribution in [3.63, 3.8) is 0 Å². The lowest BCUT2D eigenvalue weighted by molar-refractivity contribution is -0.210. The highest BCUT2D eigenvalue weighted by atomic mass is 17.3. The zero-order valence-corrected chi connectivity index (χ0v) is 52.1. The highest BCUT2D eigenvalue weighted by molar-refractivity contribution is 5.93. The number of rotatable bonds is 29. The average Bonchev–Trinajstić information content (AvgIpc) is 1.42. The minimum Gasteiger partial charge on any atom is -0.497 e. The van der Waals surface area contributed by atoms with Crippen LogP contribution in [0, 0.1) is 17.8 Å². The molecule has 0 aromatic heterocycles. The molecule has 0 N–H and O–H groups in total. The summed E-state index contributed by atoms with van der Waals surface area (Å²) in [6.45, 7) is -4.47. The Morgan fingerprint density at radius 3 is 0.611 bits per heavy atom. The summed E-state index contributed by atoms with van der Waals surface area (Å²) in [6, 6.07) is 19.3. The first-order valence-electron chi connectivity index (χ1n) is 27.1. The van der Waals surface area contributed by atoms with Crippen LogP contribution in [0.1, 0.15) is 64.6 Å². The van der Waals surface area contributed by atoms with Gasteiger partial charge in [0, 0.05) is 48.1 Å². The van der Waals surface area contributed by atoms with E-state index in [9.17, 15) is 47.9 Å². The smallest absolute Gasteiger partial charge is 0.497 e. The Morgan fingerprint density at radius 1 is 0.242 bits per heavy atom. The molecule has 0 saturated carbocycles. The fourth-order valence-corrected chi connectivity index (χ4v) is 7.95. The van der Waals surface area contributed by atoms with E-state index in [1.807, 2.05) is 0 Å². The Hall–Kier alpha value is -12.2. The van der Waals surface area contributed by atoms with E-state index in [4.69, 9.17) is 85.7 Å². The summed E-state index contributed by atoms with van der Waals surface area (Å²) in [4.78, 5) is 178. The molecule has 512 valence electrons. The molecule has 0 amide bonds. The topological polar surface area (TPSA) is 401 Å². The molecule has 0 heterocycles. The highest BCUT2D eigenvalue weighted by Crippen LogP contribution is 2.32. The van der Waals surface area contributed by atoms with Crippen molar-refractivity contribution in [2.24, 2.45) is 17.8 Å². The van der Waals surface area contributed by atoms with Crippen molar-refractivity contribution in [2.45, 2.75) is 12.8 Å². The maximum absolute atomic E-state index is 13.4. The molecular weight excluding hydrogens is 1280 g/mol. The molecule has 95 heavy (non-hydrogen) atoms.